The van der Waals surface area contributed by atoms with Crippen LogP contribution in [0.25, 0.3) is 0 Å². The van der Waals surface area contributed by atoms with Gasteiger partial charge in [0.05, 0.1) is 6.54 Å². The van der Waals surface area contributed by atoms with Crippen LogP contribution in [0.1, 0.15) is 5.56 Å². The van der Waals surface area contributed by atoms with Crippen LogP contribution in [0.15, 0.2) is 24.3 Å². The van der Waals surface area contributed by atoms with Gasteiger partial charge in [-0.15, -0.1) is 0 Å². The number of para-hydroxylation sites is 1. The largest absolute Gasteiger partial charge is 0.383 e. The number of amides is 1. The molecule has 1 aliphatic rings. The number of nitrogens with zero attached hydrogens (tertiary/aromatic N) is 2. The monoisotopic (exact) mass is 247 g/mol. The minimum absolute atomic E-state index is 0.149. The van der Waals surface area contributed by atoms with Crippen LogP contribution in [0.2, 0.25) is 0 Å². The van der Waals surface area contributed by atoms with Crippen LogP contribution in [0.4, 0.5) is 5.69 Å². The van der Waals surface area contributed by atoms with E-state index in [4.69, 9.17) is 0 Å². The van der Waals surface area contributed by atoms with Gasteiger partial charge in [0.15, 0.2) is 0 Å². The molecule has 1 aliphatic heterocycles. The zero-order valence-electron chi connectivity index (χ0n) is 11.3. The summed E-state index contributed by atoms with van der Waals surface area (Å²) in [5, 5.41) is 3.43. The first-order valence-corrected chi connectivity index (χ1v) is 6.30. The second-order valence-electron chi connectivity index (χ2n) is 5.10. The van der Waals surface area contributed by atoms with Crippen LogP contribution in [0.3, 0.4) is 0 Å². The average molecular weight is 247 g/mol. The van der Waals surface area contributed by atoms with E-state index in [1.54, 1.807) is 19.0 Å². The Labute approximate surface area is 109 Å². The number of benzene rings is 1. The van der Waals surface area contributed by atoms with Crippen LogP contribution in [-0.4, -0.2) is 56.0 Å². The highest BCUT2D eigenvalue weighted by molar-refractivity contribution is 5.77. The number of likely N-dealkylation sites (N-methyl/N-ethyl adjacent to an activating group) is 2. The molecule has 1 unspecified atom stereocenters. The number of rotatable bonds is 3. The van der Waals surface area contributed by atoms with E-state index in [9.17, 15) is 4.79 Å². The molecule has 0 bridgehead atoms. The molecule has 1 N–H and O–H groups in total. The molecule has 0 aliphatic carbocycles. The fourth-order valence-electron chi connectivity index (χ4n) is 2.22. The molecule has 4 heteroatoms. The standard InChI is InChI=1S/C14H21N3O/c1-16(2)14(18)10-17(3)12-8-11-6-4-5-7-13(11)15-9-12/h4-7,12,15H,8-10H2,1-3H3. The van der Waals surface area contributed by atoms with Gasteiger partial charge in [0.25, 0.3) is 0 Å². The van der Waals surface area contributed by atoms with Crippen molar-refractivity contribution < 1.29 is 4.79 Å². The Kier molecular flexibility index (Phi) is 3.87. The summed E-state index contributed by atoms with van der Waals surface area (Å²) < 4.78 is 0. The third-order valence-corrected chi connectivity index (χ3v) is 3.51. The third kappa shape index (κ3) is 2.82. The summed E-state index contributed by atoms with van der Waals surface area (Å²) in [5.74, 6) is 0.149. The lowest BCUT2D eigenvalue weighted by Gasteiger charge is -2.33. The molecule has 18 heavy (non-hydrogen) atoms. The van der Waals surface area contributed by atoms with Crippen LogP contribution in [-0.2, 0) is 11.2 Å². The zero-order chi connectivity index (χ0) is 13.1. The van der Waals surface area contributed by atoms with Gasteiger partial charge in [-0.05, 0) is 25.1 Å². The Morgan fingerprint density at radius 2 is 2.06 bits per heavy atom. The summed E-state index contributed by atoms with van der Waals surface area (Å²) in [7, 11) is 5.61. The average Bonchev–Trinajstić information content (AvgIpc) is 2.37. The Morgan fingerprint density at radius 1 is 1.33 bits per heavy atom. The predicted molar refractivity (Wildman–Crippen MR) is 73.7 cm³/mol. The molecule has 1 aromatic rings. The number of fused-ring (bicyclic) bond motifs is 1. The molecule has 1 amide bonds. The van der Waals surface area contributed by atoms with E-state index in [0.717, 1.165) is 13.0 Å². The summed E-state index contributed by atoms with van der Waals surface area (Å²) in [6.07, 6.45) is 1.00. The Bertz CT molecular complexity index is 431. The van der Waals surface area contributed by atoms with Gasteiger partial charge in [-0.1, -0.05) is 18.2 Å². The number of hydrogen-bond acceptors (Lipinski definition) is 3. The van der Waals surface area contributed by atoms with E-state index in [1.807, 2.05) is 13.1 Å². The van der Waals surface area contributed by atoms with Gasteiger partial charge in [-0.3, -0.25) is 9.69 Å². The fourth-order valence-corrected chi connectivity index (χ4v) is 2.22. The molecule has 1 atom stereocenters. The minimum atomic E-state index is 0.149. The Hall–Kier alpha value is -1.55. The summed E-state index contributed by atoms with van der Waals surface area (Å²) in [6.45, 7) is 1.37. The lowest BCUT2D eigenvalue weighted by Crippen LogP contribution is -2.46. The normalized spacial score (nSPS) is 18.1. The Balaban J connectivity index is 1.98. The van der Waals surface area contributed by atoms with E-state index in [-0.39, 0.29) is 5.91 Å². The number of anilines is 1. The molecular formula is C14H21N3O. The van der Waals surface area contributed by atoms with Crippen LogP contribution in [0.5, 0.6) is 0 Å². The smallest absolute Gasteiger partial charge is 0.236 e. The molecule has 98 valence electrons. The quantitative estimate of drug-likeness (QED) is 0.867. The van der Waals surface area contributed by atoms with Crippen LogP contribution in [0, 0.1) is 0 Å². The van der Waals surface area contributed by atoms with Crippen molar-refractivity contribution >= 4 is 11.6 Å². The fraction of sp³-hybridized carbons (Fsp3) is 0.500. The second-order valence-corrected chi connectivity index (χ2v) is 5.10. The maximum Gasteiger partial charge on any atom is 0.236 e. The van der Waals surface area contributed by atoms with Crippen molar-refractivity contribution in [1.82, 2.24) is 9.80 Å². The van der Waals surface area contributed by atoms with Crippen molar-refractivity contribution in [2.24, 2.45) is 0 Å². The van der Waals surface area contributed by atoms with Crippen LogP contribution < -0.4 is 5.32 Å². The van der Waals surface area contributed by atoms with Gasteiger partial charge in [0.2, 0.25) is 5.91 Å². The molecule has 2 rings (SSSR count). The van der Waals surface area contributed by atoms with Crippen molar-refractivity contribution in [2.45, 2.75) is 12.5 Å². The summed E-state index contributed by atoms with van der Waals surface area (Å²) in [5.41, 5.74) is 2.55. The lowest BCUT2D eigenvalue weighted by atomic mass is 9.99. The molecule has 0 aromatic heterocycles. The number of nitrogens with one attached hydrogen (secondary N) is 1. The first-order chi connectivity index (χ1) is 8.58. The number of carbonyl (C=O) groups excluding carboxylic acids is 1. The second kappa shape index (κ2) is 5.40. The number of hydrogen-bond donors (Lipinski definition) is 1. The lowest BCUT2D eigenvalue weighted by molar-refractivity contribution is -0.130. The summed E-state index contributed by atoms with van der Waals surface area (Å²) in [4.78, 5) is 15.5. The predicted octanol–water partition coefficient (Wildman–Crippen LogP) is 1.04. The SMILES string of the molecule is CN(C)C(=O)CN(C)C1CNc2ccccc2C1. The van der Waals surface area contributed by atoms with E-state index in [2.05, 4.69) is 28.4 Å². The minimum Gasteiger partial charge on any atom is -0.383 e. The molecular weight excluding hydrogens is 226 g/mol. The van der Waals surface area contributed by atoms with Crippen molar-refractivity contribution in [3.05, 3.63) is 29.8 Å². The van der Waals surface area contributed by atoms with E-state index < -0.39 is 0 Å². The van der Waals surface area contributed by atoms with Crippen molar-refractivity contribution in [3.63, 3.8) is 0 Å². The van der Waals surface area contributed by atoms with Crippen molar-refractivity contribution in [2.75, 3.05) is 39.5 Å². The van der Waals surface area contributed by atoms with Crippen molar-refractivity contribution in [3.8, 4) is 0 Å². The summed E-state index contributed by atoms with van der Waals surface area (Å²) >= 11 is 0. The highest BCUT2D eigenvalue weighted by Gasteiger charge is 2.23. The first-order valence-electron chi connectivity index (χ1n) is 6.30. The molecule has 0 saturated carbocycles. The third-order valence-electron chi connectivity index (χ3n) is 3.51. The Morgan fingerprint density at radius 3 is 2.78 bits per heavy atom. The van der Waals surface area contributed by atoms with Gasteiger partial charge in [0, 0.05) is 32.4 Å². The van der Waals surface area contributed by atoms with Crippen molar-refractivity contribution in [1.29, 1.82) is 0 Å². The molecule has 1 heterocycles. The molecule has 1 aromatic carbocycles. The van der Waals surface area contributed by atoms with Gasteiger partial charge in [0.1, 0.15) is 0 Å². The van der Waals surface area contributed by atoms with E-state index in [1.165, 1.54) is 11.3 Å². The van der Waals surface area contributed by atoms with E-state index >= 15 is 0 Å². The maximum atomic E-state index is 11.7. The van der Waals surface area contributed by atoms with Gasteiger partial charge in [-0.2, -0.15) is 0 Å². The topological polar surface area (TPSA) is 35.6 Å². The number of carbonyl (C=O) groups is 1. The first kappa shape index (κ1) is 12.9. The molecule has 0 spiro atoms. The molecule has 0 radical (unpaired) electrons. The van der Waals surface area contributed by atoms with E-state index in [0.29, 0.717) is 12.6 Å². The molecule has 0 fully saturated rings. The van der Waals surface area contributed by atoms with Gasteiger partial charge in [-0.25, -0.2) is 0 Å². The van der Waals surface area contributed by atoms with Gasteiger partial charge < -0.3 is 10.2 Å². The molecule has 4 nitrogen and oxygen atoms in total. The molecule has 0 saturated heterocycles. The van der Waals surface area contributed by atoms with Crippen LogP contribution >= 0.6 is 0 Å². The maximum absolute atomic E-state index is 11.7. The van der Waals surface area contributed by atoms with Gasteiger partial charge >= 0.3 is 0 Å². The zero-order valence-corrected chi connectivity index (χ0v) is 11.3. The highest BCUT2D eigenvalue weighted by atomic mass is 16.2. The summed E-state index contributed by atoms with van der Waals surface area (Å²) in [6, 6.07) is 8.75. The highest BCUT2D eigenvalue weighted by Crippen LogP contribution is 2.22.